The van der Waals surface area contributed by atoms with Crippen LogP contribution in [0, 0.1) is 0 Å². The first-order chi connectivity index (χ1) is 8.79. The summed E-state index contributed by atoms with van der Waals surface area (Å²) in [4.78, 5) is 15.8. The Kier molecular flexibility index (Phi) is 3.06. The molecule has 0 amide bonds. The van der Waals surface area contributed by atoms with Crippen molar-refractivity contribution in [1.82, 2.24) is 4.98 Å². The third kappa shape index (κ3) is 1.91. The van der Waals surface area contributed by atoms with Crippen LogP contribution in [0.4, 0.5) is 0 Å². The number of rotatable bonds is 3. The molecule has 1 aromatic heterocycles. The molecule has 3 rings (SSSR count). The van der Waals surface area contributed by atoms with E-state index in [-0.39, 0.29) is 17.6 Å². The highest BCUT2D eigenvalue weighted by atomic mass is 35.5. The Labute approximate surface area is 113 Å². The number of hydrogen-bond donors (Lipinski definition) is 0. The molecule has 2 heterocycles. The van der Waals surface area contributed by atoms with E-state index in [0.29, 0.717) is 12.3 Å². The Hall–Kier alpha value is -1.39. The van der Waals surface area contributed by atoms with Crippen LogP contribution in [-0.2, 0) is 0 Å². The fourth-order valence-electron chi connectivity index (χ4n) is 2.01. The molecule has 2 aromatic rings. The summed E-state index contributed by atoms with van der Waals surface area (Å²) in [5, 5.41) is 2.68. The third-order valence-electron chi connectivity index (χ3n) is 2.93. The number of hydrogen-bond acceptors (Lipinski definition) is 4. The van der Waals surface area contributed by atoms with Crippen molar-refractivity contribution in [3.8, 4) is 5.75 Å². The van der Waals surface area contributed by atoms with Crippen LogP contribution < -0.4 is 4.74 Å². The number of nitrogens with zero attached hydrogens (tertiary/aromatic N) is 1. The second kappa shape index (κ2) is 4.71. The van der Waals surface area contributed by atoms with Crippen molar-refractivity contribution in [3.05, 3.63) is 45.9 Å². The van der Waals surface area contributed by atoms with Crippen LogP contribution in [0.25, 0.3) is 0 Å². The Balaban J connectivity index is 1.93. The normalized spacial score (nSPS) is 17.3. The minimum Gasteiger partial charge on any atom is -0.492 e. The zero-order chi connectivity index (χ0) is 12.5. The first-order valence-electron chi connectivity index (χ1n) is 5.56. The maximum atomic E-state index is 11.5. The molecule has 0 saturated carbocycles. The van der Waals surface area contributed by atoms with E-state index in [1.165, 1.54) is 11.3 Å². The van der Waals surface area contributed by atoms with Gasteiger partial charge in [0.1, 0.15) is 23.1 Å². The molecule has 0 bridgehead atoms. The molecule has 0 spiro atoms. The van der Waals surface area contributed by atoms with Gasteiger partial charge in [-0.15, -0.1) is 22.9 Å². The molecule has 0 fully saturated rings. The van der Waals surface area contributed by atoms with Crippen LogP contribution >= 0.6 is 22.9 Å². The van der Waals surface area contributed by atoms with Crippen molar-refractivity contribution >= 4 is 28.7 Å². The highest BCUT2D eigenvalue weighted by Gasteiger charge is 2.28. The van der Waals surface area contributed by atoms with Gasteiger partial charge in [0.2, 0.25) is 0 Å². The number of ketones is 1. The molecule has 1 aliphatic heterocycles. The largest absolute Gasteiger partial charge is 0.492 e. The number of ether oxygens (including phenoxy) is 1. The van der Waals surface area contributed by atoms with E-state index in [1.807, 2.05) is 24.3 Å². The molecule has 1 atom stereocenters. The average Bonchev–Trinajstić information content (AvgIpc) is 3.03. The summed E-state index contributed by atoms with van der Waals surface area (Å²) < 4.78 is 5.62. The van der Waals surface area contributed by atoms with Crippen molar-refractivity contribution in [2.75, 3.05) is 12.5 Å². The van der Waals surface area contributed by atoms with Crippen molar-refractivity contribution in [2.45, 2.75) is 5.92 Å². The lowest BCUT2D eigenvalue weighted by atomic mass is 10.0. The standard InChI is InChI=1S/C13H10ClNO2S/c14-5-11(16)10-7-18-13(15-10)9-6-17-12-4-2-1-3-8(9)12/h1-4,7,9H,5-6H2. The molecule has 0 saturated heterocycles. The number of carbonyl (C=O) groups excluding carboxylic acids is 1. The molecule has 1 aromatic carbocycles. The van der Waals surface area contributed by atoms with Gasteiger partial charge in [-0.05, 0) is 6.07 Å². The van der Waals surface area contributed by atoms with Gasteiger partial charge in [-0.2, -0.15) is 0 Å². The first kappa shape index (κ1) is 11.7. The quantitative estimate of drug-likeness (QED) is 0.640. The van der Waals surface area contributed by atoms with Gasteiger partial charge in [-0.3, -0.25) is 4.79 Å². The number of alkyl halides is 1. The molecule has 92 valence electrons. The van der Waals surface area contributed by atoms with Gasteiger partial charge in [-0.25, -0.2) is 4.98 Å². The van der Waals surface area contributed by atoms with Gasteiger partial charge in [0.25, 0.3) is 0 Å². The fraction of sp³-hybridized carbons (Fsp3) is 0.231. The zero-order valence-corrected chi connectivity index (χ0v) is 11.0. The van der Waals surface area contributed by atoms with Crippen molar-refractivity contribution in [2.24, 2.45) is 0 Å². The predicted octanol–water partition coefficient (Wildman–Crippen LogP) is 3.09. The van der Waals surface area contributed by atoms with Crippen molar-refractivity contribution in [3.63, 3.8) is 0 Å². The molecule has 0 N–H and O–H groups in total. The summed E-state index contributed by atoms with van der Waals surface area (Å²) in [6.07, 6.45) is 0. The van der Waals surface area contributed by atoms with E-state index >= 15 is 0 Å². The highest BCUT2D eigenvalue weighted by Crippen LogP contribution is 2.38. The summed E-state index contributed by atoms with van der Waals surface area (Å²) in [5.74, 6) is 0.873. The van der Waals surface area contributed by atoms with Crippen LogP contribution in [-0.4, -0.2) is 23.3 Å². The number of carbonyl (C=O) groups is 1. The van der Waals surface area contributed by atoms with Crippen molar-refractivity contribution in [1.29, 1.82) is 0 Å². The number of fused-ring (bicyclic) bond motifs is 1. The topological polar surface area (TPSA) is 39.2 Å². The number of para-hydroxylation sites is 1. The van der Waals surface area contributed by atoms with E-state index in [2.05, 4.69) is 4.98 Å². The molecule has 1 aliphatic rings. The second-order valence-corrected chi connectivity index (χ2v) is 5.19. The van der Waals surface area contributed by atoms with Gasteiger partial charge in [0.05, 0.1) is 11.8 Å². The predicted molar refractivity (Wildman–Crippen MR) is 70.9 cm³/mol. The Morgan fingerprint density at radius 2 is 2.33 bits per heavy atom. The fourth-order valence-corrected chi connectivity index (χ4v) is 3.08. The van der Waals surface area contributed by atoms with Crippen LogP contribution in [0.1, 0.15) is 27.0 Å². The first-order valence-corrected chi connectivity index (χ1v) is 6.97. The van der Waals surface area contributed by atoms with Gasteiger partial charge in [0.15, 0.2) is 5.78 Å². The molecule has 5 heteroatoms. The lowest BCUT2D eigenvalue weighted by Crippen LogP contribution is -2.05. The summed E-state index contributed by atoms with van der Waals surface area (Å²) >= 11 is 7.01. The summed E-state index contributed by atoms with van der Waals surface area (Å²) in [6, 6.07) is 7.93. The molecular weight excluding hydrogens is 270 g/mol. The second-order valence-electron chi connectivity index (χ2n) is 4.03. The van der Waals surface area contributed by atoms with E-state index in [1.54, 1.807) is 5.38 Å². The number of Topliss-reactive ketones (excluding diaryl/α,β-unsaturated/α-hetero) is 1. The van der Waals surface area contributed by atoms with Crippen molar-refractivity contribution < 1.29 is 9.53 Å². The summed E-state index contributed by atoms with van der Waals surface area (Å²) in [7, 11) is 0. The van der Waals surface area contributed by atoms with E-state index in [4.69, 9.17) is 16.3 Å². The number of benzene rings is 1. The Morgan fingerprint density at radius 3 is 3.17 bits per heavy atom. The molecule has 0 aliphatic carbocycles. The number of thiazole rings is 1. The van der Waals surface area contributed by atoms with E-state index < -0.39 is 0 Å². The van der Waals surface area contributed by atoms with E-state index in [9.17, 15) is 4.79 Å². The molecule has 0 radical (unpaired) electrons. The lowest BCUT2D eigenvalue weighted by molar-refractivity contribution is 0.101. The monoisotopic (exact) mass is 279 g/mol. The number of aromatic nitrogens is 1. The smallest absolute Gasteiger partial charge is 0.196 e. The minimum absolute atomic E-state index is 0.0269. The molecule has 18 heavy (non-hydrogen) atoms. The lowest BCUT2D eigenvalue weighted by Gasteiger charge is -2.03. The third-order valence-corrected chi connectivity index (χ3v) is 4.13. The Bertz CT molecular complexity index is 596. The SMILES string of the molecule is O=C(CCl)c1csc(C2COc3ccccc32)n1. The Morgan fingerprint density at radius 1 is 1.50 bits per heavy atom. The molecule has 3 nitrogen and oxygen atoms in total. The summed E-state index contributed by atoms with van der Waals surface area (Å²) in [6.45, 7) is 0.585. The van der Waals surface area contributed by atoms with Crippen LogP contribution in [0.3, 0.4) is 0 Å². The van der Waals surface area contributed by atoms with Gasteiger partial charge < -0.3 is 4.74 Å². The maximum Gasteiger partial charge on any atom is 0.196 e. The minimum atomic E-state index is -0.133. The van der Waals surface area contributed by atoms with Gasteiger partial charge in [-0.1, -0.05) is 18.2 Å². The van der Waals surface area contributed by atoms with Gasteiger partial charge >= 0.3 is 0 Å². The zero-order valence-electron chi connectivity index (χ0n) is 9.43. The number of halogens is 1. The molecular formula is C13H10ClNO2S. The van der Waals surface area contributed by atoms with Gasteiger partial charge in [0, 0.05) is 10.9 Å². The molecule has 1 unspecified atom stereocenters. The van der Waals surface area contributed by atoms with Crippen LogP contribution in [0.2, 0.25) is 0 Å². The van der Waals surface area contributed by atoms with Crippen LogP contribution in [0.5, 0.6) is 5.75 Å². The summed E-state index contributed by atoms with van der Waals surface area (Å²) in [5.41, 5.74) is 1.59. The highest BCUT2D eigenvalue weighted by molar-refractivity contribution is 7.10. The van der Waals surface area contributed by atoms with E-state index in [0.717, 1.165) is 16.3 Å². The average molecular weight is 280 g/mol. The maximum absolute atomic E-state index is 11.5. The van der Waals surface area contributed by atoms with Crippen LogP contribution in [0.15, 0.2) is 29.6 Å².